The van der Waals surface area contributed by atoms with Crippen LogP contribution in [0.15, 0.2) is 15.5 Å². The molecule has 2 amide bonds. The molecule has 2 aromatic rings. The van der Waals surface area contributed by atoms with Gasteiger partial charge in [0.2, 0.25) is 5.88 Å². The van der Waals surface area contributed by atoms with Gasteiger partial charge in [0.05, 0.1) is 24.9 Å². The van der Waals surface area contributed by atoms with E-state index < -0.39 is 15.9 Å². The number of nitrogens with zero attached hydrogens (tertiary/aromatic N) is 4. The van der Waals surface area contributed by atoms with Crippen LogP contribution < -0.4 is 15.2 Å². The molecular weight excluding hydrogens is 463 g/mol. The first-order valence-corrected chi connectivity index (χ1v) is 13.1. The molecule has 6 rings (SSSR count). The van der Waals surface area contributed by atoms with Gasteiger partial charge < -0.3 is 14.8 Å². The van der Waals surface area contributed by atoms with Gasteiger partial charge in [0, 0.05) is 25.9 Å². The summed E-state index contributed by atoms with van der Waals surface area (Å²) in [6.45, 7) is 2.61. The van der Waals surface area contributed by atoms with E-state index in [9.17, 15) is 13.4 Å². The Bertz CT molecular complexity index is 1310. The Morgan fingerprint density at radius 2 is 1.94 bits per heavy atom. The lowest BCUT2D eigenvalue weighted by molar-refractivity contribution is -0.0687. The van der Waals surface area contributed by atoms with Crippen LogP contribution in [-0.4, -0.2) is 63.9 Å². The average molecular weight is 491 g/mol. The SMILES string of the molecule is COC1CN(C2COc3c(S(N)(=O)=NC(=O)Nc4c5c(c(F)c6c4CC6)CCC5)cnn3C2)C1. The summed E-state index contributed by atoms with van der Waals surface area (Å²) in [5.74, 6) is 0.139. The van der Waals surface area contributed by atoms with Gasteiger partial charge in [-0.15, -0.1) is 4.36 Å². The van der Waals surface area contributed by atoms with Crippen molar-refractivity contribution in [3.8, 4) is 5.88 Å². The molecule has 1 aromatic heterocycles. The molecular formula is C22H27FN6O4S. The number of carbonyl (C=O) groups excluding carboxylic acids is 1. The van der Waals surface area contributed by atoms with E-state index in [0.29, 0.717) is 55.6 Å². The Balaban J connectivity index is 1.23. The van der Waals surface area contributed by atoms with Crippen LogP contribution >= 0.6 is 0 Å². The normalized spacial score (nSPS) is 23.0. The lowest BCUT2D eigenvalue weighted by Crippen LogP contribution is -2.59. The Kier molecular flexibility index (Phi) is 5.17. The maximum atomic E-state index is 14.7. The van der Waals surface area contributed by atoms with Crippen LogP contribution in [0.5, 0.6) is 5.88 Å². The quantitative estimate of drug-likeness (QED) is 0.672. The zero-order valence-corrected chi connectivity index (χ0v) is 19.7. The summed E-state index contributed by atoms with van der Waals surface area (Å²) in [4.78, 5) is 15.1. The standard InChI is InChI=1S/C22H27FN6O4S/c1-32-13-9-28(10-13)12-8-29-21(33-11-12)18(7-25-29)34(24,31)27-22(30)26-20-16-4-2-3-14(16)19(23)15-5-6-17(15)20/h7,12-13H,2-6,8-11H2,1H3,(H3,24,26,27,30,31). The highest BCUT2D eigenvalue weighted by atomic mass is 32.2. The van der Waals surface area contributed by atoms with E-state index >= 15 is 0 Å². The van der Waals surface area contributed by atoms with Crippen molar-refractivity contribution in [1.29, 1.82) is 0 Å². The second-order valence-electron chi connectivity index (χ2n) is 9.32. The van der Waals surface area contributed by atoms with Crippen LogP contribution in [-0.2, 0) is 46.9 Å². The highest BCUT2D eigenvalue weighted by Gasteiger charge is 2.37. The van der Waals surface area contributed by atoms with Gasteiger partial charge in [-0.1, -0.05) is 0 Å². The van der Waals surface area contributed by atoms with E-state index in [2.05, 4.69) is 19.7 Å². The van der Waals surface area contributed by atoms with Crippen molar-refractivity contribution in [2.45, 2.75) is 55.7 Å². The van der Waals surface area contributed by atoms with Gasteiger partial charge in [-0.3, -0.25) is 4.90 Å². The number of ether oxygens (including phenoxy) is 2. The number of fused-ring (bicyclic) bond motifs is 3. The third-order valence-corrected chi connectivity index (χ3v) is 8.74. The van der Waals surface area contributed by atoms with Crippen LogP contribution in [0.2, 0.25) is 0 Å². The van der Waals surface area contributed by atoms with Crippen molar-refractivity contribution < 1.29 is 22.9 Å². The lowest BCUT2D eigenvalue weighted by Gasteiger charge is -2.44. The number of anilines is 1. The minimum absolute atomic E-state index is 0.0943. The molecule has 34 heavy (non-hydrogen) atoms. The molecule has 2 aliphatic heterocycles. The molecule has 2 atom stereocenters. The lowest BCUT2D eigenvalue weighted by atomic mass is 9.83. The van der Waals surface area contributed by atoms with E-state index in [1.807, 2.05) is 0 Å². The predicted molar refractivity (Wildman–Crippen MR) is 122 cm³/mol. The van der Waals surface area contributed by atoms with Gasteiger partial charge >= 0.3 is 6.03 Å². The molecule has 0 spiro atoms. The molecule has 10 nitrogen and oxygen atoms in total. The molecule has 1 aromatic carbocycles. The van der Waals surface area contributed by atoms with Crippen LogP contribution in [0, 0.1) is 5.82 Å². The Labute approximate surface area is 196 Å². The number of aromatic nitrogens is 2. The van der Waals surface area contributed by atoms with Crippen LogP contribution in [0.1, 0.15) is 28.7 Å². The largest absolute Gasteiger partial charge is 0.475 e. The molecule has 0 radical (unpaired) electrons. The monoisotopic (exact) mass is 490 g/mol. The second kappa shape index (κ2) is 8.01. The number of carbonyl (C=O) groups is 1. The molecule has 3 heterocycles. The van der Waals surface area contributed by atoms with Gasteiger partial charge in [0.25, 0.3) is 0 Å². The van der Waals surface area contributed by atoms with Crippen molar-refractivity contribution >= 4 is 21.6 Å². The fourth-order valence-electron chi connectivity index (χ4n) is 5.37. The summed E-state index contributed by atoms with van der Waals surface area (Å²) in [5.41, 5.74) is 3.58. The second-order valence-corrected chi connectivity index (χ2v) is 11.1. The summed E-state index contributed by atoms with van der Waals surface area (Å²) >= 11 is 0. The van der Waals surface area contributed by atoms with E-state index in [0.717, 1.165) is 30.6 Å². The molecule has 12 heteroatoms. The van der Waals surface area contributed by atoms with Gasteiger partial charge in [-0.25, -0.2) is 23.2 Å². The number of urea groups is 1. The first-order chi connectivity index (χ1) is 16.4. The number of hydrogen-bond acceptors (Lipinski definition) is 6. The zero-order valence-electron chi connectivity index (χ0n) is 18.9. The minimum Gasteiger partial charge on any atom is -0.475 e. The molecule has 1 saturated heterocycles. The first-order valence-electron chi connectivity index (χ1n) is 11.5. The number of amides is 2. The number of rotatable bonds is 4. The maximum absolute atomic E-state index is 14.7. The zero-order chi connectivity index (χ0) is 23.6. The molecule has 2 unspecified atom stereocenters. The molecule has 182 valence electrons. The highest BCUT2D eigenvalue weighted by molar-refractivity contribution is 7.91. The number of halogens is 1. The maximum Gasteiger partial charge on any atom is 0.354 e. The predicted octanol–water partition coefficient (Wildman–Crippen LogP) is 1.63. The summed E-state index contributed by atoms with van der Waals surface area (Å²) < 4.78 is 44.5. The minimum atomic E-state index is -3.60. The van der Waals surface area contributed by atoms with E-state index in [1.165, 1.54) is 6.20 Å². The number of benzene rings is 1. The number of likely N-dealkylation sites (tertiary alicyclic amines) is 1. The van der Waals surface area contributed by atoms with E-state index in [4.69, 9.17) is 14.6 Å². The summed E-state index contributed by atoms with van der Waals surface area (Å²) in [7, 11) is -1.90. The van der Waals surface area contributed by atoms with Crippen molar-refractivity contribution in [1.82, 2.24) is 14.7 Å². The molecule has 0 bridgehead atoms. The van der Waals surface area contributed by atoms with Crippen molar-refractivity contribution in [2.75, 3.05) is 32.1 Å². The molecule has 1 fully saturated rings. The average Bonchev–Trinajstić information content (AvgIpc) is 3.38. The third kappa shape index (κ3) is 3.43. The fraction of sp³-hybridized carbons (Fsp3) is 0.545. The Morgan fingerprint density at radius 1 is 1.24 bits per heavy atom. The molecule has 3 N–H and O–H groups in total. The fourth-order valence-corrected chi connectivity index (χ4v) is 6.37. The van der Waals surface area contributed by atoms with Crippen LogP contribution in [0.3, 0.4) is 0 Å². The molecule has 0 saturated carbocycles. The van der Waals surface area contributed by atoms with Gasteiger partial charge in [0.15, 0.2) is 9.92 Å². The van der Waals surface area contributed by atoms with E-state index in [-0.39, 0.29) is 28.7 Å². The van der Waals surface area contributed by atoms with Crippen LogP contribution in [0.25, 0.3) is 0 Å². The number of methoxy groups -OCH3 is 1. The topological polar surface area (TPSA) is 124 Å². The van der Waals surface area contributed by atoms with Crippen molar-refractivity contribution in [2.24, 2.45) is 9.50 Å². The first kappa shape index (κ1) is 22.0. The molecule has 4 aliphatic rings. The number of nitrogens with one attached hydrogen (secondary N) is 1. The molecule has 2 aliphatic carbocycles. The van der Waals surface area contributed by atoms with Crippen molar-refractivity contribution in [3.63, 3.8) is 0 Å². The Hall–Kier alpha value is -2.54. The van der Waals surface area contributed by atoms with Crippen molar-refractivity contribution in [3.05, 3.63) is 34.3 Å². The third-order valence-electron chi connectivity index (χ3n) is 7.39. The van der Waals surface area contributed by atoms with E-state index in [1.54, 1.807) is 11.8 Å². The summed E-state index contributed by atoms with van der Waals surface area (Å²) in [5, 5.41) is 13.1. The van der Waals surface area contributed by atoms with Gasteiger partial charge in [-0.2, -0.15) is 5.10 Å². The van der Waals surface area contributed by atoms with Crippen LogP contribution in [0.4, 0.5) is 14.9 Å². The number of nitrogens with two attached hydrogens (primary N) is 1. The number of hydrogen-bond donors (Lipinski definition) is 2. The Morgan fingerprint density at radius 3 is 2.68 bits per heavy atom. The van der Waals surface area contributed by atoms with Gasteiger partial charge in [0.1, 0.15) is 17.3 Å². The highest BCUT2D eigenvalue weighted by Crippen LogP contribution is 2.42. The summed E-state index contributed by atoms with van der Waals surface area (Å²) in [6.07, 6.45) is 5.14. The smallest absolute Gasteiger partial charge is 0.354 e. The summed E-state index contributed by atoms with van der Waals surface area (Å²) in [6, 6.07) is -0.693. The van der Waals surface area contributed by atoms with Gasteiger partial charge in [-0.05, 0) is 54.4 Å².